The second-order valence-electron chi connectivity index (χ2n) is 4.50. The Morgan fingerprint density at radius 3 is 2.65 bits per heavy atom. The molecule has 116 valence electrons. The van der Waals surface area contributed by atoms with Crippen LogP contribution in [0.2, 0.25) is 0 Å². The van der Waals surface area contributed by atoms with Gasteiger partial charge in [-0.15, -0.1) is 0 Å². The van der Waals surface area contributed by atoms with E-state index in [0.717, 1.165) is 24.9 Å². The minimum atomic E-state index is -0.384. The molecule has 0 bridgehead atoms. The van der Waals surface area contributed by atoms with E-state index in [-0.39, 0.29) is 16.5 Å². The van der Waals surface area contributed by atoms with E-state index in [4.69, 9.17) is 4.18 Å². The summed E-state index contributed by atoms with van der Waals surface area (Å²) in [5.74, 6) is -0.510. The third kappa shape index (κ3) is 13.8. The molecule has 0 aliphatic carbocycles. The van der Waals surface area contributed by atoms with Gasteiger partial charge in [-0.2, -0.15) is 12.6 Å². The van der Waals surface area contributed by atoms with Gasteiger partial charge in [0.1, 0.15) is 4.58 Å². The number of nitrogens with one attached hydrogen (secondary N) is 1. The molecule has 6 heteroatoms. The minimum absolute atomic E-state index is 0.126. The van der Waals surface area contributed by atoms with E-state index in [2.05, 4.69) is 24.9 Å². The molecule has 20 heavy (non-hydrogen) atoms. The molecule has 0 spiro atoms. The lowest BCUT2D eigenvalue weighted by Gasteiger charge is -2.08. The lowest BCUT2D eigenvalue weighted by atomic mass is 10.1. The third-order valence-corrected chi connectivity index (χ3v) is 3.59. The molecule has 1 N–H and O–H groups in total. The standard InChI is InChI=1S/C14H25NO3S2/c1-3-4-5-6-7-8-9-10-13(17)18-20-14(19)11-15-12(2)16/h9-10,14,19H,3-8,11H2,1-2H3,(H,15,16)/b10-9+. The molecule has 0 fully saturated rings. The highest BCUT2D eigenvalue weighted by molar-refractivity contribution is 8.07. The van der Waals surface area contributed by atoms with Crippen molar-refractivity contribution >= 4 is 36.5 Å². The Morgan fingerprint density at radius 2 is 2.00 bits per heavy atom. The van der Waals surface area contributed by atoms with Gasteiger partial charge in [-0.05, 0) is 12.8 Å². The van der Waals surface area contributed by atoms with Crippen molar-refractivity contribution in [3.8, 4) is 0 Å². The van der Waals surface area contributed by atoms with Crippen molar-refractivity contribution in [3.63, 3.8) is 0 Å². The lowest BCUT2D eigenvalue weighted by molar-refractivity contribution is -0.127. The molecule has 0 aromatic heterocycles. The molecule has 1 amide bonds. The van der Waals surface area contributed by atoms with Gasteiger partial charge in [0, 0.05) is 19.5 Å². The zero-order chi connectivity index (χ0) is 15.2. The summed E-state index contributed by atoms with van der Waals surface area (Å²) in [5, 5.41) is 2.60. The summed E-state index contributed by atoms with van der Waals surface area (Å²) in [6.45, 7) is 3.98. The first kappa shape index (κ1) is 19.4. The molecule has 0 aromatic rings. The first-order valence-electron chi connectivity index (χ1n) is 7.02. The van der Waals surface area contributed by atoms with Crippen molar-refractivity contribution < 1.29 is 13.8 Å². The smallest absolute Gasteiger partial charge is 0.342 e. The summed E-state index contributed by atoms with van der Waals surface area (Å²) in [7, 11) is 0. The molecule has 1 atom stereocenters. The van der Waals surface area contributed by atoms with E-state index in [0.29, 0.717) is 6.54 Å². The van der Waals surface area contributed by atoms with Crippen molar-refractivity contribution in [2.75, 3.05) is 6.54 Å². The Balaban J connectivity index is 3.54. The molecule has 0 heterocycles. The summed E-state index contributed by atoms with van der Waals surface area (Å²) in [4.78, 5) is 22.1. The minimum Gasteiger partial charge on any atom is -0.387 e. The predicted molar refractivity (Wildman–Crippen MR) is 87.7 cm³/mol. The van der Waals surface area contributed by atoms with Gasteiger partial charge in [0.2, 0.25) is 5.91 Å². The number of hydrogen-bond donors (Lipinski definition) is 2. The molecule has 0 aliphatic rings. The molecule has 0 radical (unpaired) electrons. The van der Waals surface area contributed by atoms with Crippen LogP contribution in [0, 0.1) is 0 Å². The number of unbranched alkanes of at least 4 members (excludes halogenated alkanes) is 5. The zero-order valence-corrected chi connectivity index (χ0v) is 14.0. The second kappa shape index (κ2) is 13.4. The average Bonchev–Trinajstić information content (AvgIpc) is 2.41. The number of carbonyl (C=O) groups excluding carboxylic acids is 2. The fourth-order valence-electron chi connectivity index (χ4n) is 1.44. The van der Waals surface area contributed by atoms with E-state index in [1.54, 1.807) is 0 Å². The van der Waals surface area contributed by atoms with Crippen LogP contribution in [-0.4, -0.2) is 23.0 Å². The lowest BCUT2D eigenvalue weighted by Crippen LogP contribution is -2.26. The van der Waals surface area contributed by atoms with Crippen LogP contribution >= 0.6 is 24.7 Å². The Labute approximate surface area is 131 Å². The number of thiol groups is 1. The van der Waals surface area contributed by atoms with Gasteiger partial charge in [-0.1, -0.05) is 38.7 Å². The first-order valence-corrected chi connectivity index (χ1v) is 8.34. The number of rotatable bonds is 11. The quantitative estimate of drug-likeness (QED) is 0.201. The van der Waals surface area contributed by atoms with Gasteiger partial charge in [0.25, 0.3) is 0 Å². The Morgan fingerprint density at radius 1 is 1.30 bits per heavy atom. The molecule has 4 nitrogen and oxygen atoms in total. The first-order chi connectivity index (χ1) is 9.56. The summed E-state index contributed by atoms with van der Waals surface area (Å²) >= 11 is 5.13. The van der Waals surface area contributed by atoms with Crippen LogP contribution in [0.1, 0.15) is 52.4 Å². The van der Waals surface area contributed by atoms with Crippen LogP contribution in [0.4, 0.5) is 0 Å². The molecule has 0 saturated carbocycles. The fourth-order valence-corrected chi connectivity index (χ4v) is 2.07. The monoisotopic (exact) mass is 319 g/mol. The van der Waals surface area contributed by atoms with Crippen LogP contribution in [0.25, 0.3) is 0 Å². The van der Waals surface area contributed by atoms with E-state index < -0.39 is 0 Å². The van der Waals surface area contributed by atoms with Crippen molar-refractivity contribution in [3.05, 3.63) is 12.2 Å². The maximum Gasteiger partial charge on any atom is 0.342 e. The van der Waals surface area contributed by atoms with Crippen molar-refractivity contribution in [1.82, 2.24) is 5.32 Å². The van der Waals surface area contributed by atoms with Crippen LogP contribution in [-0.2, 0) is 13.8 Å². The van der Waals surface area contributed by atoms with Gasteiger partial charge in [0.05, 0.1) is 12.0 Å². The number of amides is 1. The van der Waals surface area contributed by atoms with Crippen LogP contribution in [0.5, 0.6) is 0 Å². The molecule has 0 aliphatic heterocycles. The number of hydrogen-bond acceptors (Lipinski definition) is 5. The SMILES string of the molecule is CCCCCCC/C=C/C(=O)OSC(S)CNC(C)=O. The van der Waals surface area contributed by atoms with Gasteiger partial charge < -0.3 is 9.50 Å². The van der Waals surface area contributed by atoms with Crippen LogP contribution in [0.15, 0.2) is 12.2 Å². The van der Waals surface area contributed by atoms with E-state index in [1.165, 1.54) is 38.7 Å². The largest absolute Gasteiger partial charge is 0.387 e. The van der Waals surface area contributed by atoms with Gasteiger partial charge in [-0.25, -0.2) is 4.79 Å². The fraction of sp³-hybridized carbons (Fsp3) is 0.714. The predicted octanol–water partition coefficient (Wildman–Crippen LogP) is 3.49. The highest BCUT2D eigenvalue weighted by atomic mass is 32.2. The Hall–Kier alpha value is -0.620. The summed E-state index contributed by atoms with van der Waals surface area (Å²) in [6, 6.07) is 0. The maximum atomic E-state index is 11.4. The Bertz CT molecular complexity index is 309. The summed E-state index contributed by atoms with van der Waals surface area (Å²) in [6.07, 6.45) is 10.3. The zero-order valence-electron chi connectivity index (χ0n) is 12.3. The van der Waals surface area contributed by atoms with Gasteiger partial charge >= 0.3 is 5.97 Å². The van der Waals surface area contributed by atoms with E-state index >= 15 is 0 Å². The van der Waals surface area contributed by atoms with Crippen molar-refractivity contribution in [1.29, 1.82) is 0 Å². The van der Waals surface area contributed by atoms with E-state index in [9.17, 15) is 9.59 Å². The second-order valence-corrected chi connectivity index (χ2v) is 6.40. The van der Waals surface area contributed by atoms with E-state index in [1.807, 2.05) is 6.08 Å². The Kier molecular flexibility index (Phi) is 13.0. The molecule has 0 aromatic carbocycles. The molecule has 1 unspecified atom stereocenters. The molecule has 0 rings (SSSR count). The topological polar surface area (TPSA) is 55.4 Å². The van der Waals surface area contributed by atoms with Gasteiger partial charge in [-0.3, -0.25) is 4.79 Å². The highest BCUT2D eigenvalue weighted by Gasteiger charge is 2.08. The van der Waals surface area contributed by atoms with Crippen LogP contribution in [0.3, 0.4) is 0 Å². The molecular formula is C14H25NO3S2. The molecular weight excluding hydrogens is 294 g/mol. The summed E-state index contributed by atoms with van der Waals surface area (Å²) < 4.78 is 4.69. The van der Waals surface area contributed by atoms with Crippen LogP contribution < -0.4 is 5.32 Å². The summed E-state index contributed by atoms with van der Waals surface area (Å²) in [5.41, 5.74) is 0. The van der Waals surface area contributed by atoms with Crippen molar-refractivity contribution in [2.45, 2.75) is 57.0 Å². The average molecular weight is 319 g/mol. The number of allylic oxidation sites excluding steroid dienone is 1. The van der Waals surface area contributed by atoms with Crippen molar-refractivity contribution in [2.24, 2.45) is 0 Å². The molecule has 0 saturated heterocycles. The maximum absolute atomic E-state index is 11.4. The highest BCUT2D eigenvalue weighted by Crippen LogP contribution is 2.15. The van der Waals surface area contributed by atoms with Gasteiger partial charge in [0.15, 0.2) is 0 Å². The number of carbonyl (C=O) groups is 2. The third-order valence-electron chi connectivity index (χ3n) is 2.50. The normalized spacial score (nSPS) is 12.3.